The third kappa shape index (κ3) is 4.29. The lowest BCUT2D eigenvalue weighted by Crippen LogP contribution is -2.04. The third-order valence-electron chi connectivity index (χ3n) is 3.08. The Morgan fingerprint density at radius 3 is 1.87 bits per heavy atom. The van der Waals surface area contributed by atoms with Crippen LogP contribution in [0.2, 0.25) is 0 Å². The van der Waals surface area contributed by atoms with E-state index in [0.29, 0.717) is 5.56 Å². The molecule has 0 heterocycles. The van der Waals surface area contributed by atoms with Gasteiger partial charge in [0.15, 0.2) is 5.78 Å². The van der Waals surface area contributed by atoms with Gasteiger partial charge in [-0.25, -0.2) is 4.79 Å². The van der Waals surface area contributed by atoms with Gasteiger partial charge in [0, 0.05) is 5.56 Å². The number of rotatable bonds is 4. The van der Waals surface area contributed by atoms with Crippen LogP contribution in [0.25, 0.3) is 6.08 Å². The summed E-state index contributed by atoms with van der Waals surface area (Å²) in [4.78, 5) is 22.6. The molecule has 0 aliphatic carbocycles. The molecule has 0 radical (unpaired) electrons. The molecule has 0 unspecified atom stereocenters. The summed E-state index contributed by atoms with van der Waals surface area (Å²) < 4.78 is 37.3. The van der Waals surface area contributed by atoms with Gasteiger partial charge < -0.3 is 5.11 Å². The molecule has 6 heteroatoms. The van der Waals surface area contributed by atoms with Crippen molar-refractivity contribution in [1.29, 1.82) is 0 Å². The van der Waals surface area contributed by atoms with Crippen LogP contribution in [0.3, 0.4) is 0 Å². The zero-order valence-electron chi connectivity index (χ0n) is 11.7. The smallest absolute Gasteiger partial charge is 0.416 e. The Labute approximate surface area is 129 Å². The Morgan fingerprint density at radius 2 is 1.39 bits per heavy atom. The number of allylic oxidation sites excluding steroid dienone is 1. The maximum atomic E-state index is 12.4. The third-order valence-corrected chi connectivity index (χ3v) is 3.08. The van der Waals surface area contributed by atoms with Gasteiger partial charge in [-0.1, -0.05) is 30.3 Å². The number of aromatic carboxylic acids is 1. The Kier molecular flexibility index (Phi) is 4.64. The summed E-state index contributed by atoms with van der Waals surface area (Å²) in [5.74, 6) is -1.47. The van der Waals surface area contributed by atoms with Crippen molar-refractivity contribution >= 4 is 17.8 Å². The average molecular weight is 320 g/mol. The second-order valence-electron chi connectivity index (χ2n) is 4.70. The molecule has 2 rings (SSSR count). The lowest BCUT2D eigenvalue weighted by molar-refractivity contribution is -0.137. The molecule has 118 valence electrons. The Balaban J connectivity index is 2.10. The van der Waals surface area contributed by atoms with Crippen molar-refractivity contribution in [3.05, 3.63) is 76.9 Å². The van der Waals surface area contributed by atoms with Crippen LogP contribution in [0.15, 0.2) is 54.6 Å². The van der Waals surface area contributed by atoms with Crippen LogP contribution in [0.5, 0.6) is 0 Å². The summed E-state index contributed by atoms with van der Waals surface area (Å²) in [6, 6.07) is 9.77. The van der Waals surface area contributed by atoms with Crippen LogP contribution in [-0.2, 0) is 6.18 Å². The van der Waals surface area contributed by atoms with Gasteiger partial charge in [-0.3, -0.25) is 4.79 Å². The molecule has 0 saturated carbocycles. The van der Waals surface area contributed by atoms with Crippen molar-refractivity contribution in [2.75, 3.05) is 0 Å². The highest BCUT2D eigenvalue weighted by Gasteiger charge is 2.29. The highest BCUT2D eigenvalue weighted by Crippen LogP contribution is 2.29. The maximum absolute atomic E-state index is 12.4. The minimum atomic E-state index is -4.40. The van der Waals surface area contributed by atoms with Crippen molar-refractivity contribution in [3.8, 4) is 0 Å². The molecule has 3 nitrogen and oxygen atoms in total. The van der Waals surface area contributed by atoms with Crippen LogP contribution >= 0.6 is 0 Å². The predicted molar refractivity (Wildman–Crippen MR) is 78.2 cm³/mol. The van der Waals surface area contributed by atoms with E-state index in [1.165, 1.54) is 48.6 Å². The van der Waals surface area contributed by atoms with E-state index >= 15 is 0 Å². The molecule has 0 saturated heterocycles. The molecule has 0 amide bonds. The Hall–Kier alpha value is -2.89. The van der Waals surface area contributed by atoms with Gasteiger partial charge in [-0.2, -0.15) is 13.2 Å². The molecule has 0 aromatic heterocycles. The monoisotopic (exact) mass is 320 g/mol. The lowest BCUT2D eigenvalue weighted by atomic mass is 10.1. The van der Waals surface area contributed by atoms with E-state index in [4.69, 9.17) is 5.11 Å². The molecule has 23 heavy (non-hydrogen) atoms. The molecule has 2 aromatic carbocycles. The molecular formula is C17H11F3O3. The van der Waals surface area contributed by atoms with Crippen LogP contribution in [0, 0.1) is 0 Å². The van der Waals surface area contributed by atoms with E-state index in [-0.39, 0.29) is 16.9 Å². The number of hydrogen-bond donors (Lipinski definition) is 1. The zero-order valence-corrected chi connectivity index (χ0v) is 11.7. The first-order valence-electron chi connectivity index (χ1n) is 6.50. The number of carbonyl (C=O) groups is 2. The summed E-state index contributed by atoms with van der Waals surface area (Å²) >= 11 is 0. The summed E-state index contributed by atoms with van der Waals surface area (Å²) in [6.07, 6.45) is -1.78. The second-order valence-corrected chi connectivity index (χ2v) is 4.70. The van der Waals surface area contributed by atoms with E-state index < -0.39 is 17.7 Å². The predicted octanol–water partition coefficient (Wildman–Crippen LogP) is 4.30. The van der Waals surface area contributed by atoms with Crippen LogP contribution < -0.4 is 0 Å². The van der Waals surface area contributed by atoms with Gasteiger partial charge in [0.2, 0.25) is 0 Å². The van der Waals surface area contributed by atoms with Gasteiger partial charge in [0.05, 0.1) is 11.1 Å². The van der Waals surface area contributed by atoms with Crippen LogP contribution in [0.4, 0.5) is 13.2 Å². The highest BCUT2D eigenvalue weighted by molar-refractivity contribution is 6.07. The minimum absolute atomic E-state index is 0.0632. The van der Waals surface area contributed by atoms with Gasteiger partial charge in [-0.15, -0.1) is 0 Å². The largest absolute Gasteiger partial charge is 0.478 e. The standard InChI is InChI=1S/C17H11F3O3/c18-17(19,20)14-8-1-11(2-9-14)3-10-15(21)12-4-6-13(7-5-12)16(22)23/h1-10H,(H,22,23)/b10-3+. The number of benzene rings is 2. The topological polar surface area (TPSA) is 54.4 Å². The molecule has 0 aliphatic rings. The summed E-state index contributed by atoms with van der Waals surface area (Å²) in [7, 11) is 0. The molecule has 0 bridgehead atoms. The Morgan fingerprint density at radius 1 is 0.870 bits per heavy atom. The summed E-state index contributed by atoms with van der Waals surface area (Å²) in [5, 5.41) is 8.77. The average Bonchev–Trinajstić information content (AvgIpc) is 2.52. The van der Waals surface area contributed by atoms with Crippen molar-refractivity contribution in [2.24, 2.45) is 0 Å². The van der Waals surface area contributed by atoms with Crippen LogP contribution in [0.1, 0.15) is 31.8 Å². The molecule has 0 fully saturated rings. The van der Waals surface area contributed by atoms with Crippen molar-refractivity contribution < 1.29 is 27.9 Å². The summed E-state index contributed by atoms with van der Waals surface area (Å²) in [5.41, 5.74) is 0.0465. The minimum Gasteiger partial charge on any atom is -0.478 e. The molecule has 0 aliphatic heterocycles. The molecule has 0 spiro atoms. The number of carboxylic acid groups (broad SMARTS) is 1. The molecule has 1 N–H and O–H groups in total. The number of hydrogen-bond acceptors (Lipinski definition) is 2. The van der Waals surface area contributed by atoms with E-state index in [1.807, 2.05) is 0 Å². The molecular weight excluding hydrogens is 309 g/mol. The van der Waals surface area contributed by atoms with E-state index in [1.54, 1.807) is 0 Å². The number of carbonyl (C=O) groups excluding carboxylic acids is 1. The van der Waals surface area contributed by atoms with E-state index in [0.717, 1.165) is 12.1 Å². The fourth-order valence-electron chi connectivity index (χ4n) is 1.83. The number of carboxylic acids is 1. The first kappa shape index (κ1) is 16.5. The first-order chi connectivity index (χ1) is 10.8. The van der Waals surface area contributed by atoms with Gasteiger partial charge in [0.1, 0.15) is 0 Å². The lowest BCUT2D eigenvalue weighted by Gasteiger charge is -2.05. The fraction of sp³-hybridized carbons (Fsp3) is 0.0588. The maximum Gasteiger partial charge on any atom is 0.416 e. The van der Waals surface area contributed by atoms with Crippen LogP contribution in [-0.4, -0.2) is 16.9 Å². The highest BCUT2D eigenvalue weighted by atomic mass is 19.4. The number of ketones is 1. The van der Waals surface area contributed by atoms with Gasteiger partial charge in [0.25, 0.3) is 0 Å². The van der Waals surface area contributed by atoms with Crippen molar-refractivity contribution in [1.82, 2.24) is 0 Å². The number of alkyl halides is 3. The fourth-order valence-corrected chi connectivity index (χ4v) is 1.83. The molecule has 2 aromatic rings. The van der Waals surface area contributed by atoms with E-state index in [2.05, 4.69) is 0 Å². The Bertz CT molecular complexity index is 742. The van der Waals surface area contributed by atoms with Crippen molar-refractivity contribution in [3.63, 3.8) is 0 Å². The molecule has 0 atom stereocenters. The SMILES string of the molecule is O=C(O)c1ccc(C(=O)/C=C/c2ccc(C(F)(F)F)cc2)cc1. The normalized spacial score (nSPS) is 11.6. The van der Waals surface area contributed by atoms with E-state index in [9.17, 15) is 22.8 Å². The van der Waals surface area contributed by atoms with Crippen molar-refractivity contribution in [2.45, 2.75) is 6.18 Å². The zero-order chi connectivity index (χ0) is 17.0. The van der Waals surface area contributed by atoms with Gasteiger partial charge in [-0.05, 0) is 35.9 Å². The van der Waals surface area contributed by atoms with Gasteiger partial charge >= 0.3 is 12.1 Å². The number of halogens is 3. The quantitative estimate of drug-likeness (QED) is 0.675. The summed E-state index contributed by atoms with van der Waals surface area (Å²) in [6.45, 7) is 0. The first-order valence-corrected chi connectivity index (χ1v) is 6.50. The second kappa shape index (κ2) is 6.48.